The fourth-order valence-electron chi connectivity index (χ4n) is 2.92. The fourth-order valence-corrected chi connectivity index (χ4v) is 2.92. The van der Waals surface area contributed by atoms with Gasteiger partial charge < -0.3 is 14.6 Å². The molecular formula is C18H22N2O3. The van der Waals surface area contributed by atoms with Gasteiger partial charge in [-0.15, -0.1) is 0 Å². The third kappa shape index (κ3) is 3.73. The predicted octanol–water partition coefficient (Wildman–Crippen LogP) is 3.54. The molecule has 0 saturated heterocycles. The lowest BCUT2D eigenvalue weighted by atomic mass is 10.1. The van der Waals surface area contributed by atoms with Gasteiger partial charge in [-0.05, 0) is 44.4 Å². The summed E-state index contributed by atoms with van der Waals surface area (Å²) in [4.78, 5) is 12.4. The molecule has 1 heterocycles. The Morgan fingerprint density at radius 3 is 2.87 bits per heavy atom. The molecule has 2 aromatic rings. The molecule has 0 unspecified atom stereocenters. The van der Waals surface area contributed by atoms with Crippen LogP contribution < -0.4 is 10.1 Å². The highest BCUT2D eigenvalue weighted by molar-refractivity contribution is 5.94. The van der Waals surface area contributed by atoms with Gasteiger partial charge in [-0.25, -0.2) is 0 Å². The van der Waals surface area contributed by atoms with E-state index in [9.17, 15) is 4.79 Å². The van der Waals surface area contributed by atoms with Crippen molar-refractivity contribution in [2.75, 3.05) is 0 Å². The first-order valence-corrected chi connectivity index (χ1v) is 8.09. The molecule has 1 aromatic carbocycles. The lowest BCUT2D eigenvalue weighted by Crippen LogP contribution is -2.33. The number of benzene rings is 1. The molecule has 5 heteroatoms. The summed E-state index contributed by atoms with van der Waals surface area (Å²) >= 11 is 0. The first kappa shape index (κ1) is 15.6. The van der Waals surface area contributed by atoms with Gasteiger partial charge in [0.25, 0.3) is 5.91 Å². The molecule has 1 N–H and O–H groups in total. The third-order valence-corrected chi connectivity index (χ3v) is 4.26. The second kappa shape index (κ2) is 6.86. The number of hydrogen-bond acceptors (Lipinski definition) is 4. The second-order valence-corrected chi connectivity index (χ2v) is 6.13. The van der Waals surface area contributed by atoms with Crippen molar-refractivity contribution in [3.8, 4) is 5.75 Å². The Labute approximate surface area is 136 Å². The number of amides is 1. The van der Waals surface area contributed by atoms with Crippen molar-refractivity contribution in [1.29, 1.82) is 0 Å². The van der Waals surface area contributed by atoms with E-state index < -0.39 is 0 Å². The largest absolute Gasteiger partial charge is 0.489 e. The van der Waals surface area contributed by atoms with Crippen LogP contribution >= 0.6 is 0 Å². The van der Waals surface area contributed by atoms with Gasteiger partial charge in [0.2, 0.25) is 0 Å². The third-order valence-electron chi connectivity index (χ3n) is 4.26. The minimum Gasteiger partial charge on any atom is -0.489 e. The molecule has 0 spiro atoms. The van der Waals surface area contributed by atoms with Crippen LogP contribution in [0.25, 0.3) is 0 Å². The molecule has 1 amide bonds. The highest BCUT2D eigenvalue weighted by Gasteiger charge is 2.24. The van der Waals surface area contributed by atoms with Crippen molar-refractivity contribution >= 4 is 5.91 Å². The van der Waals surface area contributed by atoms with E-state index in [1.165, 1.54) is 12.8 Å². The Morgan fingerprint density at radius 1 is 1.35 bits per heavy atom. The van der Waals surface area contributed by atoms with Crippen LogP contribution in [0, 0.1) is 13.8 Å². The van der Waals surface area contributed by atoms with Crippen LogP contribution in [0.5, 0.6) is 5.75 Å². The van der Waals surface area contributed by atoms with Crippen LogP contribution in [0.2, 0.25) is 0 Å². The number of aryl methyl sites for hydroxylation is 2. The number of aromatic nitrogens is 1. The maximum atomic E-state index is 12.4. The molecule has 1 fully saturated rings. The number of ether oxygens (including phenoxy) is 1. The van der Waals surface area contributed by atoms with Crippen molar-refractivity contribution in [2.45, 2.75) is 52.2 Å². The van der Waals surface area contributed by atoms with Crippen LogP contribution in [-0.2, 0) is 6.61 Å². The Balaban J connectivity index is 1.69. The van der Waals surface area contributed by atoms with Crippen molar-refractivity contribution in [3.05, 3.63) is 46.8 Å². The van der Waals surface area contributed by atoms with Crippen molar-refractivity contribution in [2.24, 2.45) is 0 Å². The molecule has 0 bridgehead atoms. The molecule has 0 aliphatic heterocycles. The molecule has 0 radical (unpaired) electrons. The lowest BCUT2D eigenvalue weighted by molar-refractivity contribution is 0.0926. The highest BCUT2D eigenvalue weighted by atomic mass is 16.5. The topological polar surface area (TPSA) is 64.4 Å². The summed E-state index contributed by atoms with van der Waals surface area (Å²) in [6, 6.07) is 8.07. The lowest BCUT2D eigenvalue weighted by Gasteiger charge is -2.11. The van der Waals surface area contributed by atoms with Crippen LogP contribution in [0.1, 0.15) is 53.1 Å². The van der Waals surface area contributed by atoms with E-state index in [0.29, 0.717) is 17.0 Å². The van der Waals surface area contributed by atoms with E-state index in [2.05, 4.69) is 10.5 Å². The van der Waals surface area contributed by atoms with Gasteiger partial charge in [-0.1, -0.05) is 30.1 Å². The number of rotatable bonds is 5. The average molecular weight is 314 g/mol. The molecule has 5 nitrogen and oxygen atoms in total. The molecule has 122 valence electrons. The monoisotopic (exact) mass is 314 g/mol. The number of carbonyl (C=O) groups excluding carboxylic acids is 1. The number of hydrogen-bond donors (Lipinski definition) is 1. The molecule has 0 atom stereocenters. The summed E-state index contributed by atoms with van der Waals surface area (Å²) in [5, 5.41) is 6.96. The maximum absolute atomic E-state index is 12.4. The zero-order chi connectivity index (χ0) is 16.2. The molecule has 1 aliphatic carbocycles. The first-order chi connectivity index (χ1) is 11.1. The summed E-state index contributed by atoms with van der Waals surface area (Å²) in [5.74, 6) is 1.22. The van der Waals surface area contributed by atoms with Gasteiger partial charge in [0.05, 0.1) is 5.56 Å². The van der Waals surface area contributed by atoms with E-state index in [1.807, 2.05) is 31.2 Å². The highest BCUT2D eigenvalue weighted by Crippen LogP contribution is 2.21. The molecule has 1 aromatic heterocycles. The predicted molar refractivity (Wildman–Crippen MR) is 86.5 cm³/mol. The molecule has 1 aliphatic rings. The molecular weight excluding hydrogens is 292 g/mol. The minimum absolute atomic E-state index is 0.170. The Bertz CT molecular complexity index is 687. The van der Waals surface area contributed by atoms with Gasteiger partial charge in [0.1, 0.15) is 18.1 Å². The summed E-state index contributed by atoms with van der Waals surface area (Å²) < 4.78 is 11.0. The van der Waals surface area contributed by atoms with Crippen LogP contribution in [0.3, 0.4) is 0 Å². The summed E-state index contributed by atoms with van der Waals surface area (Å²) in [5.41, 5.74) is 2.17. The first-order valence-electron chi connectivity index (χ1n) is 8.09. The van der Waals surface area contributed by atoms with Crippen molar-refractivity contribution in [1.82, 2.24) is 10.5 Å². The van der Waals surface area contributed by atoms with Gasteiger partial charge in [-0.2, -0.15) is 0 Å². The van der Waals surface area contributed by atoms with Crippen molar-refractivity contribution in [3.63, 3.8) is 0 Å². The van der Waals surface area contributed by atoms with Crippen molar-refractivity contribution < 1.29 is 14.1 Å². The van der Waals surface area contributed by atoms with Crippen LogP contribution in [-0.4, -0.2) is 17.1 Å². The Kier molecular flexibility index (Phi) is 4.65. The Morgan fingerprint density at radius 2 is 2.13 bits per heavy atom. The van der Waals surface area contributed by atoms with Gasteiger partial charge in [-0.3, -0.25) is 4.79 Å². The van der Waals surface area contributed by atoms with Crippen LogP contribution in [0.15, 0.2) is 28.8 Å². The average Bonchev–Trinajstić information content (AvgIpc) is 3.15. The smallest absolute Gasteiger partial charge is 0.274 e. The zero-order valence-electron chi connectivity index (χ0n) is 13.6. The summed E-state index contributed by atoms with van der Waals surface area (Å²) in [6.07, 6.45) is 4.42. The standard InChI is InChI=1S/C18H22N2O3/c1-12-6-5-9-15(10-12)22-11-16-13(2)23-20-17(16)18(21)19-14-7-3-4-8-14/h5-6,9-10,14H,3-4,7-8,11H2,1-2H3,(H,19,21). The zero-order valence-corrected chi connectivity index (χ0v) is 13.6. The number of nitrogens with zero attached hydrogens (tertiary/aromatic N) is 1. The Hall–Kier alpha value is -2.30. The number of carbonyl (C=O) groups is 1. The second-order valence-electron chi connectivity index (χ2n) is 6.13. The fraction of sp³-hybridized carbons (Fsp3) is 0.444. The van der Waals surface area contributed by atoms with Gasteiger partial charge >= 0.3 is 0 Å². The summed E-state index contributed by atoms with van der Waals surface area (Å²) in [7, 11) is 0. The van der Waals surface area contributed by atoms with E-state index in [-0.39, 0.29) is 18.6 Å². The number of nitrogens with one attached hydrogen (secondary N) is 1. The van der Waals surface area contributed by atoms with Gasteiger partial charge in [0, 0.05) is 6.04 Å². The van der Waals surface area contributed by atoms with E-state index >= 15 is 0 Å². The summed E-state index contributed by atoms with van der Waals surface area (Å²) in [6.45, 7) is 4.08. The van der Waals surface area contributed by atoms with E-state index in [4.69, 9.17) is 9.26 Å². The van der Waals surface area contributed by atoms with Crippen LogP contribution in [0.4, 0.5) is 0 Å². The maximum Gasteiger partial charge on any atom is 0.274 e. The van der Waals surface area contributed by atoms with Gasteiger partial charge in [0.15, 0.2) is 5.69 Å². The normalized spacial score (nSPS) is 14.9. The molecule has 3 rings (SSSR count). The minimum atomic E-state index is -0.170. The quantitative estimate of drug-likeness (QED) is 0.916. The SMILES string of the molecule is Cc1cccc(OCc2c(C(=O)NC3CCCC3)noc2C)c1. The van der Waals surface area contributed by atoms with E-state index in [0.717, 1.165) is 24.2 Å². The molecule has 1 saturated carbocycles. The van der Waals surface area contributed by atoms with E-state index in [1.54, 1.807) is 6.92 Å². The molecule has 23 heavy (non-hydrogen) atoms.